The number of aliphatic imine (C=N–C) groups is 1. The van der Waals surface area contributed by atoms with Gasteiger partial charge in [-0.15, -0.1) is 24.0 Å². The summed E-state index contributed by atoms with van der Waals surface area (Å²) in [5, 5.41) is 11.9. The number of nitrogens with one attached hydrogen (secondary N) is 3. The van der Waals surface area contributed by atoms with E-state index in [9.17, 15) is 0 Å². The van der Waals surface area contributed by atoms with Crippen LogP contribution in [0.4, 0.5) is 0 Å². The zero-order valence-electron chi connectivity index (χ0n) is 17.9. The minimum atomic E-state index is 0. The molecule has 2 aliphatic rings. The number of benzene rings is 1. The number of halogens is 1. The standard InChI is InChI=1S/C22H36N4OS.HI/c1-17(18-7-5-4-6-8-18)26-22(11-13-27-14-12-22)16-24-21(23-2)25-19-9-10-20(15-19)28-3;/h4-8,17,19-20,26H,9-16H2,1-3H3,(H2,23,24,25);1H. The smallest absolute Gasteiger partial charge is 0.191 e. The summed E-state index contributed by atoms with van der Waals surface area (Å²) in [6.07, 6.45) is 7.98. The molecule has 3 unspecified atom stereocenters. The zero-order chi connectivity index (χ0) is 19.8. The molecule has 1 aromatic rings. The van der Waals surface area contributed by atoms with E-state index < -0.39 is 0 Å². The lowest BCUT2D eigenvalue weighted by Crippen LogP contribution is -2.58. The molecule has 3 rings (SSSR count). The Morgan fingerprint density at radius 2 is 1.97 bits per heavy atom. The average molecular weight is 533 g/mol. The Bertz CT molecular complexity index is 624. The van der Waals surface area contributed by atoms with Crippen LogP contribution in [0.1, 0.15) is 50.6 Å². The lowest BCUT2D eigenvalue weighted by Gasteiger charge is -2.41. The van der Waals surface area contributed by atoms with Crippen LogP contribution in [0.25, 0.3) is 0 Å². The summed E-state index contributed by atoms with van der Waals surface area (Å²) in [5.74, 6) is 0.923. The second-order valence-corrected chi connectivity index (χ2v) is 9.25. The molecule has 29 heavy (non-hydrogen) atoms. The van der Waals surface area contributed by atoms with Crippen LogP contribution in [-0.4, -0.2) is 55.9 Å². The first-order valence-electron chi connectivity index (χ1n) is 10.5. The van der Waals surface area contributed by atoms with Crippen LogP contribution in [-0.2, 0) is 4.74 Å². The van der Waals surface area contributed by atoms with Gasteiger partial charge in [-0.05, 0) is 50.8 Å². The van der Waals surface area contributed by atoms with E-state index in [1.807, 2.05) is 18.8 Å². The number of hydrogen-bond donors (Lipinski definition) is 3. The van der Waals surface area contributed by atoms with Gasteiger partial charge in [0, 0.05) is 49.7 Å². The summed E-state index contributed by atoms with van der Waals surface area (Å²) >= 11 is 1.99. The van der Waals surface area contributed by atoms with Crippen LogP contribution >= 0.6 is 35.7 Å². The van der Waals surface area contributed by atoms with Crippen molar-refractivity contribution in [2.75, 3.05) is 33.1 Å². The van der Waals surface area contributed by atoms with E-state index in [4.69, 9.17) is 4.74 Å². The number of rotatable bonds is 7. The second-order valence-electron chi connectivity index (χ2n) is 8.11. The van der Waals surface area contributed by atoms with Crippen molar-refractivity contribution in [3.63, 3.8) is 0 Å². The zero-order valence-corrected chi connectivity index (χ0v) is 21.1. The molecule has 2 fully saturated rings. The SMILES string of the molecule is CN=C(NCC1(NC(C)c2ccccc2)CCOCC1)NC1CCC(SC)C1.I. The van der Waals surface area contributed by atoms with E-state index in [0.717, 1.165) is 43.8 Å². The Morgan fingerprint density at radius 3 is 2.59 bits per heavy atom. The maximum absolute atomic E-state index is 5.66. The first-order valence-corrected chi connectivity index (χ1v) is 11.8. The van der Waals surface area contributed by atoms with Crippen LogP contribution in [0, 0.1) is 0 Å². The van der Waals surface area contributed by atoms with Crippen molar-refractivity contribution in [2.24, 2.45) is 4.99 Å². The van der Waals surface area contributed by atoms with Crippen LogP contribution in [0.3, 0.4) is 0 Å². The van der Waals surface area contributed by atoms with Crippen molar-refractivity contribution >= 4 is 41.7 Å². The van der Waals surface area contributed by atoms with E-state index in [2.05, 4.69) is 64.5 Å². The first-order chi connectivity index (χ1) is 13.6. The molecule has 5 nitrogen and oxygen atoms in total. The Labute approximate surface area is 197 Å². The molecular weight excluding hydrogens is 495 g/mol. The predicted octanol–water partition coefficient (Wildman–Crippen LogP) is 3.95. The highest BCUT2D eigenvalue weighted by atomic mass is 127. The molecule has 0 spiro atoms. The molecule has 3 N–H and O–H groups in total. The Hall–Kier alpha value is -0.510. The van der Waals surface area contributed by atoms with Gasteiger partial charge in [0.05, 0.1) is 0 Å². The number of ether oxygens (including phenoxy) is 1. The normalized spacial score (nSPS) is 25.1. The summed E-state index contributed by atoms with van der Waals surface area (Å²) in [7, 11) is 1.87. The lowest BCUT2D eigenvalue weighted by atomic mass is 9.88. The molecule has 3 atom stereocenters. The maximum atomic E-state index is 5.66. The highest BCUT2D eigenvalue weighted by molar-refractivity contribution is 14.0. The van der Waals surface area contributed by atoms with Gasteiger partial charge in [-0.3, -0.25) is 4.99 Å². The Balaban J connectivity index is 0.00000300. The Morgan fingerprint density at radius 1 is 1.24 bits per heavy atom. The number of guanidine groups is 1. The third kappa shape index (κ3) is 7.29. The highest BCUT2D eigenvalue weighted by Crippen LogP contribution is 2.28. The van der Waals surface area contributed by atoms with Crippen molar-refractivity contribution in [3.05, 3.63) is 35.9 Å². The third-order valence-electron chi connectivity index (χ3n) is 6.15. The molecule has 1 aromatic carbocycles. The number of thioether (sulfide) groups is 1. The molecule has 7 heteroatoms. The van der Waals surface area contributed by atoms with E-state index in [-0.39, 0.29) is 29.5 Å². The van der Waals surface area contributed by atoms with Gasteiger partial charge < -0.3 is 20.7 Å². The number of nitrogens with zero attached hydrogens (tertiary/aromatic N) is 1. The van der Waals surface area contributed by atoms with E-state index in [1.165, 1.54) is 24.8 Å². The van der Waals surface area contributed by atoms with Crippen LogP contribution in [0.2, 0.25) is 0 Å². The predicted molar refractivity (Wildman–Crippen MR) is 136 cm³/mol. The van der Waals surface area contributed by atoms with Gasteiger partial charge in [0.15, 0.2) is 5.96 Å². The average Bonchev–Trinajstić information content (AvgIpc) is 3.20. The van der Waals surface area contributed by atoms with Gasteiger partial charge in [-0.25, -0.2) is 0 Å². The Kier molecular flexibility index (Phi) is 10.6. The quantitative estimate of drug-likeness (QED) is 0.282. The van der Waals surface area contributed by atoms with Gasteiger partial charge in [0.2, 0.25) is 0 Å². The van der Waals surface area contributed by atoms with Crippen molar-refractivity contribution in [3.8, 4) is 0 Å². The van der Waals surface area contributed by atoms with Crippen molar-refractivity contribution in [1.82, 2.24) is 16.0 Å². The van der Waals surface area contributed by atoms with Crippen LogP contribution in [0.15, 0.2) is 35.3 Å². The van der Waals surface area contributed by atoms with E-state index >= 15 is 0 Å². The van der Waals surface area contributed by atoms with E-state index in [0.29, 0.717) is 12.1 Å². The highest BCUT2D eigenvalue weighted by Gasteiger charge is 2.34. The molecule has 164 valence electrons. The monoisotopic (exact) mass is 532 g/mol. The first kappa shape index (κ1) is 24.8. The summed E-state index contributed by atoms with van der Waals surface area (Å²) in [5.41, 5.74) is 1.34. The van der Waals surface area contributed by atoms with Gasteiger partial charge in [0.1, 0.15) is 0 Å². The van der Waals surface area contributed by atoms with Crippen molar-refractivity contribution in [2.45, 2.75) is 61.9 Å². The fourth-order valence-corrected chi connectivity index (χ4v) is 5.14. The van der Waals surface area contributed by atoms with Crippen molar-refractivity contribution in [1.29, 1.82) is 0 Å². The van der Waals surface area contributed by atoms with Crippen LogP contribution in [0.5, 0.6) is 0 Å². The minimum absolute atomic E-state index is 0. The molecule has 0 radical (unpaired) electrons. The third-order valence-corrected chi connectivity index (χ3v) is 7.24. The fraction of sp³-hybridized carbons (Fsp3) is 0.682. The van der Waals surface area contributed by atoms with Crippen LogP contribution < -0.4 is 16.0 Å². The van der Waals surface area contributed by atoms with Gasteiger partial charge >= 0.3 is 0 Å². The molecule has 1 aliphatic heterocycles. The maximum Gasteiger partial charge on any atom is 0.191 e. The lowest BCUT2D eigenvalue weighted by molar-refractivity contribution is 0.0354. The van der Waals surface area contributed by atoms with Gasteiger partial charge in [-0.1, -0.05) is 30.3 Å². The topological polar surface area (TPSA) is 57.7 Å². The molecule has 1 saturated carbocycles. The largest absolute Gasteiger partial charge is 0.381 e. The summed E-state index contributed by atoms with van der Waals surface area (Å²) in [6.45, 7) is 4.72. The molecule has 0 amide bonds. The second kappa shape index (κ2) is 12.4. The molecule has 0 bridgehead atoms. The minimum Gasteiger partial charge on any atom is -0.381 e. The van der Waals surface area contributed by atoms with Gasteiger partial charge in [-0.2, -0.15) is 11.8 Å². The number of hydrogen-bond acceptors (Lipinski definition) is 4. The molecule has 1 heterocycles. The molecular formula is C22H37IN4OS. The summed E-state index contributed by atoms with van der Waals surface area (Å²) in [4.78, 5) is 4.48. The van der Waals surface area contributed by atoms with Gasteiger partial charge in [0.25, 0.3) is 0 Å². The molecule has 1 aliphatic carbocycles. The van der Waals surface area contributed by atoms with Crippen molar-refractivity contribution < 1.29 is 4.74 Å². The van der Waals surface area contributed by atoms with E-state index in [1.54, 1.807) is 0 Å². The summed E-state index contributed by atoms with van der Waals surface area (Å²) < 4.78 is 5.66. The summed E-state index contributed by atoms with van der Waals surface area (Å²) in [6, 6.07) is 11.5. The fourth-order valence-electron chi connectivity index (χ4n) is 4.34. The molecule has 0 aromatic heterocycles. The molecule has 1 saturated heterocycles.